The van der Waals surface area contributed by atoms with Crippen molar-refractivity contribution in [1.29, 1.82) is 0 Å². The van der Waals surface area contributed by atoms with Crippen LogP contribution in [0.1, 0.15) is 40.5 Å². The molecule has 3 N–H and O–H groups in total. The summed E-state index contributed by atoms with van der Waals surface area (Å²) in [5, 5.41) is 2.79. The molecule has 10 heteroatoms. The van der Waals surface area contributed by atoms with E-state index >= 15 is 0 Å². The highest BCUT2D eigenvalue weighted by Crippen LogP contribution is 2.25. The van der Waals surface area contributed by atoms with E-state index in [0.29, 0.717) is 24.1 Å². The lowest BCUT2D eigenvalue weighted by molar-refractivity contribution is -0.120. The summed E-state index contributed by atoms with van der Waals surface area (Å²) in [5.41, 5.74) is 6.37. The van der Waals surface area contributed by atoms with Crippen molar-refractivity contribution in [1.82, 2.24) is 4.31 Å². The van der Waals surface area contributed by atoms with Gasteiger partial charge in [0.2, 0.25) is 21.8 Å². The van der Waals surface area contributed by atoms with E-state index in [1.165, 1.54) is 40.7 Å². The average molecular weight is 460 g/mol. The number of benzene rings is 2. The van der Waals surface area contributed by atoms with Gasteiger partial charge < -0.3 is 15.8 Å². The highest BCUT2D eigenvalue weighted by Gasteiger charge is 2.32. The third-order valence-corrected chi connectivity index (χ3v) is 7.18. The third-order valence-electron chi connectivity index (χ3n) is 5.26. The lowest BCUT2D eigenvalue weighted by atomic mass is 9.97. The Morgan fingerprint density at radius 1 is 1.00 bits per heavy atom. The van der Waals surface area contributed by atoms with Gasteiger partial charge in [0.1, 0.15) is 0 Å². The van der Waals surface area contributed by atoms with Crippen LogP contribution >= 0.6 is 0 Å². The molecular formula is C22H25N3O6S. The average Bonchev–Trinajstić information content (AvgIpc) is 2.79. The van der Waals surface area contributed by atoms with Crippen LogP contribution in [0.2, 0.25) is 0 Å². The molecule has 2 amide bonds. The number of carbonyl (C=O) groups is 3. The van der Waals surface area contributed by atoms with Gasteiger partial charge in [-0.2, -0.15) is 4.31 Å². The summed E-state index contributed by atoms with van der Waals surface area (Å²) >= 11 is 0. The maximum Gasteiger partial charge on any atom is 0.338 e. The molecule has 0 saturated carbocycles. The summed E-state index contributed by atoms with van der Waals surface area (Å²) in [7, 11) is -3.73. The number of hydrogen-bond donors (Lipinski definition) is 2. The van der Waals surface area contributed by atoms with Crippen molar-refractivity contribution in [2.75, 3.05) is 25.0 Å². The first kappa shape index (κ1) is 23.4. The number of anilines is 1. The van der Waals surface area contributed by atoms with Gasteiger partial charge >= 0.3 is 5.97 Å². The molecule has 170 valence electrons. The Hall–Kier alpha value is -3.24. The van der Waals surface area contributed by atoms with E-state index < -0.39 is 21.9 Å². The second-order valence-corrected chi connectivity index (χ2v) is 9.29. The number of hydrogen-bond acceptors (Lipinski definition) is 6. The molecular weight excluding hydrogens is 434 g/mol. The molecule has 2 aromatic carbocycles. The van der Waals surface area contributed by atoms with Crippen LogP contribution < -0.4 is 11.1 Å². The second-order valence-electron chi connectivity index (χ2n) is 7.35. The van der Waals surface area contributed by atoms with Crippen LogP contribution in [0.4, 0.5) is 5.69 Å². The zero-order chi connectivity index (χ0) is 23.3. The summed E-state index contributed by atoms with van der Waals surface area (Å²) < 4.78 is 32.1. The molecule has 0 aromatic heterocycles. The summed E-state index contributed by atoms with van der Waals surface area (Å²) in [4.78, 5) is 35.5. The number of ether oxygens (including phenoxy) is 1. The third kappa shape index (κ3) is 5.32. The van der Waals surface area contributed by atoms with Crippen LogP contribution in [0.3, 0.4) is 0 Å². The monoisotopic (exact) mass is 459 g/mol. The fourth-order valence-corrected chi connectivity index (χ4v) is 4.92. The molecule has 0 spiro atoms. The summed E-state index contributed by atoms with van der Waals surface area (Å²) in [6.07, 6.45) is 0.761. The molecule has 1 heterocycles. The molecule has 32 heavy (non-hydrogen) atoms. The van der Waals surface area contributed by atoms with Gasteiger partial charge in [-0.25, -0.2) is 13.2 Å². The number of nitrogens with two attached hydrogens (primary N) is 1. The minimum absolute atomic E-state index is 0.0861. The topological polar surface area (TPSA) is 136 Å². The first-order valence-corrected chi connectivity index (χ1v) is 11.6. The smallest absolute Gasteiger partial charge is 0.338 e. The molecule has 0 atom stereocenters. The molecule has 2 aromatic rings. The Balaban J connectivity index is 1.58. The Morgan fingerprint density at radius 2 is 1.56 bits per heavy atom. The molecule has 0 unspecified atom stereocenters. The van der Waals surface area contributed by atoms with E-state index in [-0.39, 0.29) is 42.0 Å². The molecule has 1 aliphatic rings. The predicted molar refractivity (Wildman–Crippen MR) is 117 cm³/mol. The van der Waals surface area contributed by atoms with Gasteiger partial charge in [-0.1, -0.05) is 0 Å². The molecule has 0 aliphatic carbocycles. The van der Waals surface area contributed by atoms with E-state index in [1.807, 2.05) is 0 Å². The number of sulfonamides is 1. The lowest BCUT2D eigenvalue weighted by Crippen LogP contribution is -2.41. The highest BCUT2D eigenvalue weighted by atomic mass is 32.2. The predicted octanol–water partition coefficient (Wildman–Crippen LogP) is 2.00. The van der Waals surface area contributed by atoms with Gasteiger partial charge in [0.05, 0.1) is 17.1 Å². The fourth-order valence-electron chi connectivity index (χ4n) is 3.45. The van der Waals surface area contributed by atoms with Gasteiger partial charge in [-0.15, -0.1) is 0 Å². The number of rotatable bonds is 7. The number of nitrogens with one attached hydrogen (secondary N) is 1. The number of amides is 2. The highest BCUT2D eigenvalue weighted by molar-refractivity contribution is 7.89. The fraction of sp³-hybridized carbons (Fsp3) is 0.318. The van der Waals surface area contributed by atoms with Crippen molar-refractivity contribution in [2.45, 2.75) is 24.7 Å². The van der Waals surface area contributed by atoms with Gasteiger partial charge in [0.25, 0.3) is 0 Å². The van der Waals surface area contributed by atoms with Crippen molar-refractivity contribution in [3.8, 4) is 0 Å². The molecule has 9 nitrogen and oxygen atoms in total. The Kier molecular flexibility index (Phi) is 7.26. The van der Waals surface area contributed by atoms with Gasteiger partial charge in [-0.05, 0) is 68.3 Å². The van der Waals surface area contributed by atoms with E-state index in [9.17, 15) is 22.8 Å². The van der Waals surface area contributed by atoms with Gasteiger partial charge in [0.15, 0.2) is 0 Å². The number of nitrogens with zero attached hydrogens (tertiary/aromatic N) is 1. The largest absolute Gasteiger partial charge is 0.462 e. The van der Waals surface area contributed by atoms with Crippen molar-refractivity contribution < 1.29 is 27.5 Å². The van der Waals surface area contributed by atoms with Gasteiger partial charge in [-0.3, -0.25) is 9.59 Å². The van der Waals surface area contributed by atoms with Crippen LogP contribution in [0.5, 0.6) is 0 Å². The Morgan fingerprint density at radius 3 is 2.09 bits per heavy atom. The maximum absolute atomic E-state index is 12.9. The molecule has 1 saturated heterocycles. The van der Waals surface area contributed by atoms with Crippen LogP contribution in [0, 0.1) is 5.92 Å². The lowest BCUT2D eigenvalue weighted by Gasteiger charge is -2.30. The molecule has 0 radical (unpaired) electrons. The first-order valence-electron chi connectivity index (χ1n) is 10.2. The second kappa shape index (κ2) is 9.92. The van der Waals surface area contributed by atoms with E-state index in [1.54, 1.807) is 19.1 Å². The zero-order valence-corrected chi connectivity index (χ0v) is 18.4. The number of esters is 1. The summed E-state index contributed by atoms with van der Waals surface area (Å²) in [5.74, 6) is -1.59. The zero-order valence-electron chi connectivity index (χ0n) is 17.6. The van der Waals surface area contributed by atoms with Crippen molar-refractivity contribution in [2.24, 2.45) is 11.7 Å². The minimum Gasteiger partial charge on any atom is -0.462 e. The standard InChI is InChI=1S/C22H25N3O6S/c1-2-31-22(28)17-5-9-19(10-6-17)32(29,30)25-13-11-16(12-14-25)21(27)24-18-7-3-15(4-8-18)20(23)26/h3-10,16H,2,11-14H2,1H3,(H2,23,26)(H,24,27). The van der Waals surface area contributed by atoms with E-state index in [2.05, 4.69) is 5.32 Å². The Labute approximate surface area is 186 Å². The van der Waals surface area contributed by atoms with Crippen molar-refractivity contribution in [3.05, 3.63) is 59.7 Å². The minimum atomic E-state index is -3.73. The van der Waals surface area contributed by atoms with E-state index in [0.717, 1.165) is 0 Å². The number of carbonyl (C=O) groups excluding carboxylic acids is 3. The SMILES string of the molecule is CCOC(=O)c1ccc(S(=O)(=O)N2CCC(C(=O)Nc3ccc(C(N)=O)cc3)CC2)cc1. The van der Waals surface area contributed by atoms with Crippen molar-refractivity contribution in [3.63, 3.8) is 0 Å². The summed E-state index contributed by atoms with van der Waals surface area (Å²) in [6, 6.07) is 11.9. The normalized spacial score (nSPS) is 15.2. The Bertz CT molecular complexity index is 1090. The maximum atomic E-state index is 12.9. The van der Waals surface area contributed by atoms with Crippen LogP contribution in [0.15, 0.2) is 53.4 Å². The molecule has 3 rings (SSSR count). The van der Waals surface area contributed by atoms with Crippen LogP contribution in [0.25, 0.3) is 0 Å². The van der Waals surface area contributed by atoms with Crippen molar-refractivity contribution >= 4 is 33.5 Å². The molecule has 1 fully saturated rings. The van der Waals surface area contributed by atoms with Crippen LogP contribution in [-0.4, -0.2) is 50.2 Å². The quantitative estimate of drug-likeness (QED) is 0.608. The van der Waals surface area contributed by atoms with E-state index in [4.69, 9.17) is 10.5 Å². The molecule has 0 bridgehead atoms. The van der Waals surface area contributed by atoms with Gasteiger partial charge in [0, 0.05) is 30.3 Å². The van der Waals surface area contributed by atoms with Crippen LogP contribution in [-0.2, 0) is 19.6 Å². The first-order chi connectivity index (χ1) is 15.2. The molecule has 1 aliphatic heterocycles. The number of piperidine rings is 1. The number of primary amides is 1. The summed E-state index contributed by atoms with van der Waals surface area (Å²) in [6.45, 7) is 2.35.